The third-order valence-electron chi connectivity index (χ3n) is 5.42. The van der Waals surface area contributed by atoms with E-state index < -0.39 is 5.97 Å². The van der Waals surface area contributed by atoms with E-state index in [0.29, 0.717) is 6.04 Å². The number of halogens is 2. The Kier molecular flexibility index (Phi) is 8.07. The Morgan fingerprint density at radius 2 is 2.00 bits per heavy atom. The van der Waals surface area contributed by atoms with Gasteiger partial charge in [0.15, 0.2) is 5.69 Å². The molecule has 1 aromatic carbocycles. The van der Waals surface area contributed by atoms with Crippen LogP contribution in [0.4, 0.5) is 5.69 Å². The lowest BCUT2D eigenvalue weighted by molar-refractivity contribution is -0.137. The van der Waals surface area contributed by atoms with Gasteiger partial charge in [0.2, 0.25) is 0 Å². The molecule has 0 aliphatic heterocycles. The largest absolute Gasteiger partial charge is 0.481 e. The number of aromatic nitrogens is 2. The van der Waals surface area contributed by atoms with Gasteiger partial charge in [0.1, 0.15) is 0 Å². The summed E-state index contributed by atoms with van der Waals surface area (Å²) in [5.74, 6) is -1.23. The van der Waals surface area contributed by atoms with E-state index in [4.69, 9.17) is 5.11 Å². The van der Waals surface area contributed by atoms with Crippen LogP contribution in [0.3, 0.4) is 0 Å². The maximum Gasteiger partial charge on any atom is 0.305 e. The highest BCUT2D eigenvalue weighted by molar-refractivity contribution is 9.11. The Hall–Kier alpha value is -1.71. The average Bonchev–Trinajstić information content (AvgIpc) is 3.18. The number of carbonyl (C=O) groups is 2. The summed E-state index contributed by atoms with van der Waals surface area (Å²) in [5.41, 5.74) is 2.00. The molecule has 1 aromatic heterocycles. The van der Waals surface area contributed by atoms with Crippen LogP contribution in [0.2, 0.25) is 0 Å². The lowest BCUT2D eigenvalue weighted by atomic mass is 9.94. The van der Waals surface area contributed by atoms with Gasteiger partial charge in [0, 0.05) is 27.7 Å². The summed E-state index contributed by atoms with van der Waals surface area (Å²) < 4.78 is 3.21. The monoisotopic (exact) mass is 540 g/mol. The van der Waals surface area contributed by atoms with Crippen molar-refractivity contribution in [3.05, 3.63) is 44.6 Å². The van der Waals surface area contributed by atoms with E-state index in [0.717, 1.165) is 26.7 Å². The van der Waals surface area contributed by atoms with Crippen LogP contribution in [0.1, 0.15) is 54.6 Å². The maximum absolute atomic E-state index is 12.8. The Labute approximate surface area is 193 Å². The van der Waals surface area contributed by atoms with Gasteiger partial charge in [-0.25, -0.2) is 0 Å². The molecule has 0 bridgehead atoms. The van der Waals surface area contributed by atoms with Crippen molar-refractivity contribution in [3.8, 4) is 0 Å². The SMILES string of the molecule is CN(Cc1cc(Br)cc(Br)c1NC(=O)c1ccn(CCC(=O)O)n1)C1CCCCC1. The number of hydrogen-bond donors (Lipinski definition) is 2. The Morgan fingerprint density at radius 1 is 1.27 bits per heavy atom. The van der Waals surface area contributed by atoms with Crippen molar-refractivity contribution in [2.24, 2.45) is 0 Å². The molecule has 0 radical (unpaired) electrons. The first-order chi connectivity index (χ1) is 14.3. The molecule has 7 nitrogen and oxygen atoms in total. The van der Waals surface area contributed by atoms with Crippen molar-refractivity contribution in [1.29, 1.82) is 0 Å². The molecule has 3 rings (SSSR count). The van der Waals surface area contributed by atoms with Crippen LogP contribution >= 0.6 is 31.9 Å². The first kappa shape index (κ1) is 23.0. The van der Waals surface area contributed by atoms with Crippen molar-refractivity contribution >= 4 is 49.4 Å². The number of hydrogen-bond acceptors (Lipinski definition) is 4. The van der Waals surface area contributed by atoms with Gasteiger partial charge >= 0.3 is 5.97 Å². The number of rotatable bonds is 8. The number of amides is 1. The van der Waals surface area contributed by atoms with Crippen molar-refractivity contribution in [2.75, 3.05) is 12.4 Å². The first-order valence-corrected chi connectivity index (χ1v) is 11.7. The second-order valence-electron chi connectivity index (χ2n) is 7.69. The zero-order valence-corrected chi connectivity index (χ0v) is 20.1. The summed E-state index contributed by atoms with van der Waals surface area (Å²) >= 11 is 7.13. The minimum atomic E-state index is -0.901. The number of aryl methyl sites for hydroxylation is 1. The van der Waals surface area contributed by atoms with Gasteiger partial charge in [-0.1, -0.05) is 35.2 Å². The van der Waals surface area contributed by atoms with Crippen LogP contribution in [-0.2, 0) is 17.9 Å². The third kappa shape index (κ3) is 6.15. The van der Waals surface area contributed by atoms with Crippen molar-refractivity contribution in [2.45, 2.75) is 57.7 Å². The van der Waals surface area contributed by atoms with Gasteiger partial charge in [-0.2, -0.15) is 5.10 Å². The molecule has 1 amide bonds. The van der Waals surface area contributed by atoms with Gasteiger partial charge in [-0.05, 0) is 59.6 Å². The van der Waals surface area contributed by atoms with Gasteiger partial charge in [0.05, 0.1) is 18.7 Å². The molecule has 0 saturated heterocycles. The number of carboxylic acid groups (broad SMARTS) is 1. The Bertz CT molecular complexity index is 910. The van der Waals surface area contributed by atoms with E-state index in [2.05, 4.69) is 54.2 Å². The Balaban J connectivity index is 1.74. The van der Waals surface area contributed by atoms with Crippen molar-refractivity contribution < 1.29 is 14.7 Å². The summed E-state index contributed by atoms with van der Waals surface area (Å²) in [6.45, 7) is 0.952. The zero-order chi connectivity index (χ0) is 21.7. The quantitative estimate of drug-likeness (QED) is 0.496. The van der Waals surface area contributed by atoms with Crippen LogP contribution in [-0.4, -0.2) is 44.8 Å². The van der Waals surface area contributed by atoms with E-state index in [1.165, 1.54) is 36.8 Å². The highest BCUT2D eigenvalue weighted by Crippen LogP contribution is 2.33. The summed E-state index contributed by atoms with van der Waals surface area (Å²) in [5, 5.41) is 16.0. The van der Waals surface area contributed by atoms with Crippen molar-refractivity contribution in [1.82, 2.24) is 14.7 Å². The molecule has 1 fully saturated rings. The fraction of sp³-hybridized carbons (Fsp3) is 0.476. The van der Waals surface area contributed by atoms with Crippen LogP contribution in [0, 0.1) is 0 Å². The molecule has 0 atom stereocenters. The number of nitrogens with zero attached hydrogens (tertiary/aromatic N) is 3. The second kappa shape index (κ2) is 10.5. The van der Waals surface area contributed by atoms with E-state index in [9.17, 15) is 9.59 Å². The molecule has 2 aromatic rings. The fourth-order valence-corrected chi connectivity index (χ4v) is 5.22. The molecule has 0 spiro atoms. The molecular weight excluding hydrogens is 516 g/mol. The summed E-state index contributed by atoms with van der Waals surface area (Å²) in [7, 11) is 2.14. The van der Waals surface area contributed by atoms with Gasteiger partial charge in [-0.15, -0.1) is 0 Å². The standard InChI is InChI=1S/C21H26Br2N4O3/c1-26(16-5-3-2-4-6-16)13-14-11-15(22)12-17(23)20(14)24-21(30)18-7-9-27(25-18)10-8-19(28)29/h7,9,11-12,16H,2-6,8,10,13H2,1H3,(H,24,30)(H,28,29). The summed E-state index contributed by atoms with van der Waals surface area (Å²) in [6.07, 6.45) is 7.84. The van der Waals surface area contributed by atoms with Gasteiger partial charge < -0.3 is 10.4 Å². The third-order valence-corrected chi connectivity index (χ3v) is 6.50. The number of benzene rings is 1. The van der Waals surface area contributed by atoms with E-state index >= 15 is 0 Å². The minimum Gasteiger partial charge on any atom is -0.481 e. The lowest BCUT2D eigenvalue weighted by Gasteiger charge is -2.31. The molecule has 1 aliphatic carbocycles. The predicted molar refractivity (Wildman–Crippen MR) is 123 cm³/mol. The highest BCUT2D eigenvalue weighted by Gasteiger charge is 2.21. The second-order valence-corrected chi connectivity index (χ2v) is 9.46. The topological polar surface area (TPSA) is 87.5 Å². The van der Waals surface area contributed by atoms with E-state index in [1.807, 2.05) is 12.1 Å². The highest BCUT2D eigenvalue weighted by atomic mass is 79.9. The zero-order valence-electron chi connectivity index (χ0n) is 16.9. The molecule has 30 heavy (non-hydrogen) atoms. The molecule has 2 N–H and O–H groups in total. The smallest absolute Gasteiger partial charge is 0.305 e. The molecular formula is C21H26Br2N4O3. The number of carboxylic acids is 1. The van der Waals surface area contributed by atoms with E-state index in [1.54, 1.807) is 12.3 Å². The van der Waals surface area contributed by atoms with Crippen LogP contribution < -0.4 is 5.32 Å². The van der Waals surface area contributed by atoms with Gasteiger partial charge in [-0.3, -0.25) is 19.2 Å². The number of aliphatic carboxylic acids is 1. The number of carbonyl (C=O) groups excluding carboxylic acids is 1. The molecule has 1 saturated carbocycles. The van der Waals surface area contributed by atoms with Crippen LogP contribution in [0.5, 0.6) is 0 Å². The first-order valence-electron chi connectivity index (χ1n) is 10.1. The number of anilines is 1. The van der Waals surface area contributed by atoms with Crippen molar-refractivity contribution in [3.63, 3.8) is 0 Å². The maximum atomic E-state index is 12.8. The average molecular weight is 542 g/mol. The lowest BCUT2D eigenvalue weighted by Crippen LogP contribution is -2.33. The molecule has 9 heteroatoms. The molecule has 1 heterocycles. The normalized spacial score (nSPS) is 14.8. The summed E-state index contributed by atoms with van der Waals surface area (Å²) in [4.78, 5) is 25.9. The van der Waals surface area contributed by atoms with E-state index in [-0.39, 0.29) is 24.6 Å². The number of nitrogens with one attached hydrogen (secondary N) is 1. The summed E-state index contributed by atoms with van der Waals surface area (Å²) in [6, 6.07) is 6.10. The minimum absolute atomic E-state index is 0.0430. The Morgan fingerprint density at radius 3 is 2.70 bits per heavy atom. The predicted octanol–water partition coefficient (Wildman–Crippen LogP) is 4.90. The molecule has 0 unspecified atom stereocenters. The van der Waals surface area contributed by atoms with Gasteiger partial charge in [0.25, 0.3) is 5.91 Å². The molecule has 1 aliphatic rings. The fourth-order valence-electron chi connectivity index (χ4n) is 3.81. The molecule has 162 valence electrons. The van der Waals surface area contributed by atoms with Crippen LogP contribution in [0.25, 0.3) is 0 Å². The van der Waals surface area contributed by atoms with Crippen LogP contribution in [0.15, 0.2) is 33.3 Å².